The van der Waals surface area contributed by atoms with Crippen LogP contribution in [0.1, 0.15) is 64.4 Å². The van der Waals surface area contributed by atoms with E-state index in [-0.39, 0.29) is 41.5 Å². The highest BCUT2D eigenvalue weighted by Crippen LogP contribution is 2.66. The molecule has 3 amide bonds. The molecular weight excluding hydrogens is 474 g/mol. The average Bonchev–Trinajstić information content (AvgIpc) is 3.52. The third-order valence-corrected chi connectivity index (χ3v) is 10.8. The van der Waals surface area contributed by atoms with E-state index >= 15 is 0 Å². The van der Waals surface area contributed by atoms with Crippen LogP contribution in [0.5, 0.6) is 0 Å². The number of benzene rings is 1. The fourth-order valence-electron chi connectivity index (χ4n) is 7.10. The van der Waals surface area contributed by atoms with Crippen molar-refractivity contribution in [2.45, 2.75) is 93.5 Å². The first-order valence-corrected chi connectivity index (χ1v) is 14.5. The maximum atomic E-state index is 14.1. The standard InChI is InChI=1S/C28H39N3O4S/c1-17(2)20(16-32)31-24(26(34)30-19-11-7-4-8-12-19)28-14-13-21(36-28)22(23(28)27(31)35)25(33)29-15-18-9-5-3-6-10-18/h3,5-6,9-10,17,19-24,32H,4,7-8,11-16H2,1-2H3,(H,29,33)(H,30,34)/t20-,21+,22-,23-,24?,28?/m0/s1. The molecule has 1 spiro atoms. The van der Waals surface area contributed by atoms with Crippen LogP contribution in [0, 0.1) is 17.8 Å². The molecule has 0 radical (unpaired) electrons. The summed E-state index contributed by atoms with van der Waals surface area (Å²) in [6.45, 7) is 4.18. The molecule has 1 aliphatic carbocycles. The van der Waals surface area contributed by atoms with Crippen molar-refractivity contribution in [3.63, 3.8) is 0 Å². The van der Waals surface area contributed by atoms with Gasteiger partial charge in [0.05, 0.1) is 29.2 Å². The number of thioether (sulfide) groups is 1. The van der Waals surface area contributed by atoms with E-state index in [0.29, 0.717) is 6.54 Å². The fourth-order valence-corrected chi connectivity index (χ4v) is 9.30. The zero-order chi connectivity index (χ0) is 25.4. The summed E-state index contributed by atoms with van der Waals surface area (Å²) in [6, 6.07) is 8.81. The number of fused-ring (bicyclic) bond motifs is 1. The molecule has 1 aromatic carbocycles. The highest BCUT2D eigenvalue weighted by molar-refractivity contribution is 8.02. The lowest BCUT2D eigenvalue weighted by molar-refractivity contribution is -0.144. The summed E-state index contributed by atoms with van der Waals surface area (Å²) < 4.78 is -0.614. The molecule has 1 aromatic rings. The fraction of sp³-hybridized carbons (Fsp3) is 0.679. The molecule has 3 aliphatic heterocycles. The van der Waals surface area contributed by atoms with Crippen molar-refractivity contribution in [2.24, 2.45) is 17.8 Å². The molecule has 5 rings (SSSR count). The largest absolute Gasteiger partial charge is 0.394 e. The predicted octanol–water partition coefficient (Wildman–Crippen LogP) is 2.86. The van der Waals surface area contributed by atoms with Crippen molar-refractivity contribution in [3.05, 3.63) is 35.9 Å². The minimum atomic E-state index is -0.654. The Morgan fingerprint density at radius 2 is 1.83 bits per heavy atom. The van der Waals surface area contributed by atoms with Crippen LogP contribution >= 0.6 is 11.8 Å². The number of rotatable bonds is 8. The summed E-state index contributed by atoms with van der Waals surface area (Å²) in [6.07, 6.45) is 6.92. The highest BCUT2D eigenvalue weighted by atomic mass is 32.2. The first kappa shape index (κ1) is 25.6. The predicted molar refractivity (Wildman–Crippen MR) is 140 cm³/mol. The quantitative estimate of drug-likeness (QED) is 0.497. The van der Waals surface area contributed by atoms with E-state index in [9.17, 15) is 19.5 Å². The van der Waals surface area contributed by atoms with Gasteiger partial charge in [-0.15, -0.1) is 11.8 Å². The molecule has 8 heteroatoms. The summed E-state index contributed by atoms with van der Waals surface area (Å²) in [7, 11) is 0. The zero-order valence-corrected chi connectivity index (χ0v) is 22.1. The molecule has 1 saturated carbocycles. The summed E-state index contributed by atoms with van der Waals surface area (Å²) >= 11 is 1.69. The Kier molecular flexibility index (Phi) is 7.37. The Balaban J connectivity index is 1.43. The molecule has 6 atom stereocenters. The van der Waals surface area contributed by atoms with Crippen LogP contribution in [-0.4, -0.2) is 62.5 Å². The van der Waals surface area contributed by atoms with Crippen molar-refractivity contribution in [1.29, 1.82) is 0 Å². The second kappa shape index (κ2) is 10.4. The van der Waals surface area contributed by atoms with Crippen molar-refractivity contribution in [3.8, 4) is 0 Å². The number of aliphatic hydroxyl groups excluding tert-OH is 1. The highest BCUT2D eigenvalue weighted by Gasteiger charge is 2.74. The second-order valence-electron chi connectivity index (χ2n) is 11.3. The molecule has 196 valence electrons. The molecule has 7 nitrogen and oxygen atoms in total. The van der Waals surface area contributed by atoms with Gasteiger partial charge in [-0.05, 0) is 37.2 Å². The molecule has 2 unspecified atom stereocenters. The van der Waals surface area contributed by atoms with E-state index in [0.717, 1.165) is 44.1 Å². The average molecular weight is 514 g/mol. The topological polar surface area (TPSA) is 98.7 Å². The van der Waals surface area contributed by atoms with Crippen LogP contribution in [0.25, 0.3) is 0 Å². The Bertz CT molecular complexity index is 982. The first-order valence-electron chi connectivity index (χ1n) is 13.6. The molecule has 3 heterocycles. The monoisotopic (exact) mass is 513 g/mol. The SMILES string of the molecule is CC(C)[C@H](CO)N1C(=O)[C@@H]2[C@@H](C(=O)NCc3ccccc3)[C@H]3CCC2(S3)C1C(=O)NC1CCCCC1. The molecule has 0 aromatic heterocycles. The third kappa shape index (κ3) is 4.34. The van der Waals surface area contributed by atoms with Crippen LogP contribution < -0.4 is 10.6 Å². The molecule has 2 bridgehead atoms. The van der Waals surface area contributed by atoms with Crippen molar-refractivity contribution in [2.75, 3.05) is 6.61 Å². The third-order valence-electron chi connectivity index (χ3n) is 8.86. The van der Waals surface area contributed by atoms with Gasteiger partial charge in [0.1, 0.15) is 6.04 Å². The van der Waals surface area contributed by atoms with E-state index < -0.39 is 28.7 Å². The maximum Gasteiger partial charge on any atom is 0.244 e. The lowest BCUT2D eigenvalue weighted by Crippen LogP contribution is -2.59. The summed E-state index contributed by atoms with van der Waals surface area (Å²) in [5.74, 6) is -1.34. The van der Waals surface area contributed by atoms with Gasteiger partial charge in [-0.25, -0.2) is 0 Å². The van der Waals surface area contributed by atoms with Crippen molar-refractivity contribution < 1.29 is 19.5 Å². The van der Waals surface area contributed by atoms with Gasteiger partial charge in [-0.3, -0.25) is 14.4 Å². The molecule has 36 heavy (non-hydrogen) atoms. The molecular formula is C28H39N3O4S. The number of nitrogens with zero attached hydrogens (tertiary/aromatic N) is 1. The molecule has 4 aliphatic rings. The van der Waals surface area contributed by atoms with Gasteiger partial charge in [0.25, 0.3) is 0 Å². The van der Waals surface area contributed by atoms with Crippen LogP contribution in [0.3, 0.4) is 0 Å². The Morgan fingerprint density at radius 3 is 2.50 bits per heavy atom. The zero-order valence-electron chi connectivity index (χ0n) is 21.3. The second-order valence-corrected chi connectivity index (χ2v) is 12.9. The number of hydrogen-bond acceptors (Lipinski definition) is 5. The maximum absolute atomic E-state index is 14.1. The number of amides is 3. The number of aliphatic hydroxyl groups is 1. The molecule has 3 N–H and O–H groups in total. The summed E-state index contributed by atoms with van der Waals surface area (Å²) in [5.41, 5.74) is 1.01. The minimum absolute atomic E-state index is 0.00767. The van der Waals surface area contributed by atoms with Gasteiger partial charge >= 0.3 is 0 Å². The molecule has 4 fully saturated rings. The van der Waals surface area contributed by atoms with Crippen molar-refractivity contribution >= 4 is 29.5 Å². The van der Waals surface area contributed by atoms with Crippen LogP contribution in [-0.2, 0) is 20.9 Å². The van der Waals surface area contributed by atoms with Gasteiger partial charge in [0.15, 0.2) is 0 Å². The number of carbonyl (C=O) groups excluding carboxylic acids is 3. The molecule has 3 saturated heterocycles. The van der Waals surface area contributed by atoms with Gasteiger partial charge < -0.3 is 20.6 Å². The van der Waals surface area contributed by atoms with E-state index in [1.807, 2.05) is 44.2 Å². The van der Waals surface area contributed by atoms with Gasteiger partial charge in [-0.1, -0.05) is 63.4 Å². The lowest BCUT2D eigenvalue weighted by atomic mass is 9.70. The van der Waals surface area contributed by atoms with Gasteiger partial charge in [-0.2, -0.15) is 0 Å². The Hall–Kier alpha value is -2.06. The summed E-state index contributed by atoms with van der Waals surface area (Å²) in [4.78, 5) is 43.2. The first-order chi connectivity index (χ1) is 17.4. The lowest BCUT2D eigenvalue weighted by Gasteiger charge is -2.39. The smallest absolute Gasteiger partial charge is 0.244 e. The van der Waals surface area contributed by atoms with E-state index in [4.69, 9.17) is 0 Å². The van der Waals surface area contributed by atoms with Gasteiger partial charge in [0.2, 0.25) is 17.7 Å². The van der Waals surface area contributed by atoms with E-state index in [2.05, 4.69) is 10.6 Å². The summed E-state index contributed by atoms with van der Waals surface area (Å²) in [5, 5.41) is 16.7. The van der Waals surface area contributed by atoms with Crippen molar-refractivity contribution in [1.82, 2.24) is 15.5 Å². The van der Waals surface area contributed by atoms with Gasteiger partial charge in [0, 0.05) is 17.8 Å². The number of carbonyl (C=O) groups is 3. The Morgan fingerprint density at radius 1 is 1.11 bits per heavy atom. The normalized spacial score (nSPS) is 32.6. The number of hydrogen-bond donors (Lipinski definition) is 3. The number of nitrogens with one attached hydrogen (secondary N) is 2. The van der Waals surface area contributed by atoms with E-state index in [1.54, 1.807) is 16.7 Å². The minimum Gasteiger partial charge on any atom is -0.394 e. The van der Waals surface area contributed by atoms with E-state index in [1.165, 1.54) is 6.42 Å². The van der Waals surface area contributed by atoms with Crippen LogP contribution in [0.15, 0.2) is 30.3 Å². The number of likely N-dealkylation sites (tertiary alicyclic amines) is 1. The van der Waals surface area contributed by atoms with Crippen LogP contribution in [0.2, 0.25) is 0 Å². The van der Waals surface area contributed by atoms with Crippen LogP contribution in [0.4, 0.5) is 0 Å². The Labute approximate surface area is 218 Å².